The van der Waals surface area contributed by atoms with Crippen molar-refractivity contribution in [2.45, 2.75) is 6.42 Å². The third-order valence-electron chi connectivity index (χ3n) is 3.37. The molecule has 0 bridgehead atoms. The van der Waals surface area contributed by atoms with Crippen LogP contribution in [0.4, 0.5) is 4.39 Å². The highest BCUT2D eigenvalue weighted by molar-refractivity contribution is 6.31. The van der Waals surface area contributed by atoms with Crippen LogP contribution >= 0.6 is 11.6 Å². The summed E-state index contributed by atoms with van der Waals surface area (Å²) in [5.41, 5.74) is 0.699. The van der Waals surface area contributed by atoms with Crippen molar-refractivity contribution in [2.24, 2.45) is 0 Å². The fourth-order valence-electron chi connectivity index (χ4n) is 2.30. The van der Waals surface area contributed by atoms with Crippen molar-refractivity contribution in [1.29, 1.82) is 0 Å². The van der Waals surface area contributed by atoms with Gasteiger partial charge < -0.3 is 0 Å². The van der Waals surface area contributed by atoms with Crippen molar-refractivity contribution < 1.29 is 9.18 Å². The molecule has 2 aromatic carbocycles. The molecule has 0 spiro atoms. The van der Waals surface area contributed by atoms with Crippen LogP contribution in [0, 0.1) is 5.82 Å². The van der Waals surface area contributed by atoms with Crippen LogP contribution in [0.3, 0.4) is 0 Å². The van der Waals surface area contributed by atoms with Crippen LogP contribution in [0.1, 0.15) is 15.9 Å². The second-order valence-corrected chi connectivity index (χ2v) is 5.12. The zero-order valence-corrected chi connectivity index (χ0v) is 11.8. The standard InChI is InChI=1S/C17H11ClFNO/c18-15-6-3-7-16(19)13(15)8-17(21)14-10-20-9-11-4-1-2-5-12(11)14/h1-7,9-10H,8H2. The number of Topliss-reactive ketones (excluding diaryl/α,β-unsaturated/α-hetero) is 1. The Bertz CT molecular complexity index is 806. The molecule has 2 nitrogen and oxygen atoms in total. The SMILES string of the molecule is O=C(Cc1c(F)cccc1Cl)c1cncc2ccccc12. The van der Waals surface area contributed by atoms with E-state index in [4.69, 9.17) is 11.6 Å². The molecule has 0 aliphatic carbocycles. The van der Waals surface area contributed by atoms with E-state index >= 15 is 0 Å². The van der Waals surface area contributed by atoms with Gasteiger partial charge in [0.1, 0.15) is 5.82 Å². The summed E-state index contributed by atoms with van der Waals surface area (Å²) in [5.74, 6) is -0.671. The predicted octanol–water partition coefficient (Wildman–Crippen LogP) is 4.45. The highest BCUT2D eigenvalue weighted by Gasteiger charge is 2.15. The second-order valence-electron chi connectivity index (χ2n) is 4.71. The van der Waals surface area contributed by atoms with Crippen molar-refractivity contribution in [3.8, 4) is 0 Å². The van der Waals surface area contributed by atoms with Crippen LogP contribution in [0.25, 0.3) is 10.8 Å². The van der Waals surface area contributed by atoms with E-state index < -0.39 is 5.82 Å². The zero-order valence-electron chi connectivity index (χ0n) is 11.0. The topological polar surface area (TPSA) is 30.0 Å². The molecule has 3 rings (SSSR count). The van der Waals surface area contributed by atoms with Crippen LogP contribution < -0.4 is 0 Å². The van der Waals surface area contributed by atoms with E-state index in [1.54, 1.807) is 12.3 Å². The normalized spacial score (nSPS) is 10.8. The fourth-order valence-corrected chi connectivity index (χ4v) is 2.53. The average Bonchev–Trinajstić information content (AvgIpc) is 2.50. The Labute approximate surface area is 126 Å². The number of halogens is 2. The van der Waals surface area contributed by atoms with Gasteiger partial charge in [0.05, 0.1) is 0 Å². The molecule has 0 fully saturated rings. The fraction of sp³-hybridized carbons (Fsp3) is 0.0588. The first-order valence-electron chi connectivity index (χ1n) is 6.45. The minimum Gasteiger partial charge on any atom is -0.294 e. The van der Waals surface area contributed by atoms with Crippen molar-refractivity contribution in [3.05, 3.63) is 76.8 Å². The Morgan fingerprint density at radius 2 is 1.90 bits per heavy atom. The molecule has 3 aromatic rings. The maximum absolute atomic E-state index is 13.8. The summed E-state index contributed by atoms with van der Waals surface area (Å²) in [4.78, 5) is 16.5. The summed E-state index contributed by atoms with van der Waals surface area (Å²) in [6.07, 6.45) is 3.13. The zero-order chi connectivity index (χ0) is 14.8. The second kappa shape index (κ2) is 5.62. The molecule has 0 aliphatic heterocycles. The summed E-state index contributed by atoms with van der Waals surface area (Å²) >= 11 is 5.97. The Balaban J connectivity index is 2.02. The first-order valence-corrected chi connectivity index (χ1v) is 6.83. The van der Waals surface area contributed by atoms with Gasteiger partial charge in [-0.1, -0.05) is 41.9 Å². The lowest BCUT2D eigenvalue weighted by molar-refractivity contribution is 0.0993. The van der Waals surface area contributed by atoms with E-state index in [0.29, 0.717) is 5.56 Å². The molecule has 4 heteroatoms. The van der Waals surface area contributed by atoms with E-state index in [9.17, 15) is 9.18 Å². The molecule has 1 aromatic heterocycles. The number of benzene rings is 2. The largest absolute Gasteiger partial charge is 0.294 e. The molecular weight excluding hydrogens is 289 g/mol. The lowest BCUT2D eigenvalue weighted by Crippen LogP contribution is -2.07. The summed E-state index contributed by atoms with van der Waals surface area (Å²) in [6, 6.07) is 11.9. The van der Waals surface area contributed by atoms with Gasteiger partial charge in [0, 0.05) is 40.4 Å². The molecular formula is C17H11ClFNO. The molecule has 0 amide bonds. The Hall–Kier alpha value is -2.26. The number of hydrogen-bond acceptors (Lipinski definition) is 2. The molecule has 0 radical (unpaired) electrons. The molecule has 21 heavy (non-hydrogen) atoms. The van der Waals surface area contributed by atoms with Gasteiger partial charge >= 0.3 is 0 Å². The highest BCUT2D eigenvalue weighted by atomic mass is 35.5. The summed E-state index contributed by atoms with van der Waals surface area (Å²) in [7, 11) is 0. The number of pyridine rings is 1. The first kappa shape index (κ1) is 13.7. The van der Waals surface area contributed by atoms with Gasteiger partial charge in [-0.15, -0.1) is 0 Å². The molecule has 0 aliphatic rings. The highest BCUT2D eigenvalue weighted by Crippen LogP contribution is 2.23. The van der Waals surface area contributed by atoms with Crippen molar-refractivity contribution in [1.82, 2.24) is 4.98 Å². The van der Waals surface area contributed by atoms with Crippen LogP contribution in [0.15, 0.2) is 54.9 Å². The lowest BCUT2D eigenvalue weighted by Gasteiger charge is -2.07. The van der Waals surface area contributed by atoms with Crippen LogP contribution in [0.2, 0.25) is 5.02 Å². The van der Waals surface area contributed by atoms with Gasteiger partial charge in [-0.25, -0.2) is 4.39 Å². The number of rotatable bonds is 3. The van der Waals surface area contributed by atoms with Gasteiger partial charge in [0.25, 0.3) is 0 Å². The van der Waals surface area contributed by atoms with Crippen molar-refractivity contribution >= 4 is 28.2 Å². The average molecular weight is 300 g/mol. The first-order chi connectivity index (χ1) is 10.2. The third kappa shape index (κ3) is 2.65. The molecule has 0 N–H and O–H groups in total. The third-order valence-corrected chi connectivity index (χ3v) is 3.72. The molecule has 104 valence electrons. The van der Waals surface area contributed by atoms with Crippen LogP contribution in [0.5, 0.6) is 0 Å². The van der Waals surface area contributed by atoms with E-state index in [1.807, 2.05) is 24.3 Å². The summed E-state index contributed by atoms with van der Waals surface area (Å²) in [5, 5.41) is 1.95. The van der Waals surface area contributed by atoms with E-state index in [1.165, 1.54) is 18.3 Å². The van der Waals surface area contributed by atoms with Gasteiger partial charge in [0.15, 0.2) is 5.78 Å². The van der Waals surface area contributed by atoms with E-state index in [2.05, 4.69) is 4.98 Å². The van der Waals surface area contributed by atoms with Gasteiger partial charge in [0.2, 0.25) is 0 Å². The number of nitrogens with zero attached hydrogens (tertiary/aromatic N) is 1. The molecule has 0 saturated heterocycles. The molecule has 0 saturated carbocycles. The van der Waals surface area contributed by atoms with Crippen molar-refractivity contribution in [3.63, 3.8) is 0 Å². The number of ketones is 1. The number of fused-ring (bicyclic) bond motifs is 1. The lowest BCUT2D eigenvalue weighted by atomic mass is 9.99. The van der Waals surface area contributed by atoms with Crippen molar-refractivity contribution in [2.75, 3.05) is 0 Å². The molecule has 1 heterocycles. The minimum atomic E-state index is -0.468. The molecule has 0 atom stereocenters. The van der Waals surface area contributed by atoms with E-state index in [-0.39, 0.29) is 22.8 Å². The van der Waals surface area contributed by atoms with Gasteiger partial charge in [-0.05, 0) is 17.5 Å². The maximum atomic E-state index is 13.8. The summed E-state index contributed by atoms with van der Waals surface area (Å²) in [6.45, 7) is 0. The van der Waals surface area contributed by atoms with Crippen LogP contribution in [-0.4, -0.2) is 10.8 Å². The molecule has 0 unspecified atom stereocenters. The number of carbonyl (C=O) groups is 1. The Morgan fingerprint density at radius 3 is 2.71 bits per heavy atom. The van der Waals surface area contributed by atoms with Gasteiger partial charge in [-0.3, -0.25) is 9.78 Å². The Kier molecular flexibility index (Phi) is 3.67. The minimum absolute atomic E-state index is 0.0821. The van der Waals surface area contributed by atoms with Gasteiger partial charge in [-0.2, -0.15) is 0 Å². The predicted molar refractivity (Wildman–Crippen MR) is 81.2 cm³/mol. The van der Waals surface area contributed by atoms with Crippen LogP contribution in [-0.2, 0) is 6.42 Å². The Morgan fingerprint density at radius 1 is 1.10 bits per heavy atom. The smallest absolute Gasteiger partial charge is 0.169 e. The quantitative estimate of drug-likeness (QED) is 0.669. The number of aromatic nitrogens is 1. The monoisotopic (exact) mass is 299 g/mol. The summed E-state index contributed by atoms with van der Waals surface area (Å²) < 4.78 is 13.8. The number of hydrogen-bond donors (Lipinski definition) is 0. The number of carbonyl (C=O) groups excluding carboxylic acids is 1. The maximum Gasteiger partial charge on any atom is 0.169 e. The van der Waals surface area contributed by atoms with E-state index in [0.717, 1.165) is 10.8 Å².